The van der Waals surface area contributed by atoms with Gasteiger partial charge < -0.3 is 10.6 Å². The summed E-state index contributed by atoms with van der Waals surface area (Å²) >= 11 is 0. The molecule has 11 heteroatoms. The van der Waals surface area contributed by atoms with Crippen LogP contribution in [-0.4, -0.2) is 83.5 Å². The van der Waals surface area contributed by atoms with Gasteiger partial charge in [-0.25, -0.2) is 27.8 Å². The predicted molar refractivity (Wildman–Crippen MR) is 162 cm³/mol. The van der Waals surface area contributed by atoms with Gasteiger partial charge in [-0.15, -0.1) is 0 Å². The van der Waals surface area contributed by atoms with Crippen molar-refractivity contribution in [1.29, 1.82) is 0 Å². The zero-order chi connectivity index (χ0) is 28.6. The van der Waals surface area contributed by atoms with Crippen LogP contribution in [0.15, 0.2) is 60.9 Å². The average Bonchev–Trinajstić information content (AvgIpc) is 3.38. The summed E-state index contributed by atoms with van der Waals surface area (Å²) in [5, 5.41) is 5.85. The van der Waals surface area contributed by atoms with Crippen molar-refractivity contribution in [3.05, 3.63) is 72.1 Å². The summed E-state index contributed by atoms with van der Waals surface area (Å²) in [7, 11) is -1.24. The molecule has 3 N–H and O–H groups in total. The van der Waals surface area contributed by atoms with Gasteiger partial charge in [0, 0.05) is 37.8 Å². The van der Waals surface area contributed by atoms with Crippen molar-refractivity contribution in [2.75, 3.05) is 45.2 Å². The van der Waals surface area contributed by atoms with Crippen molar-refractivity contribution in [3.8, 4) is 11.3 Å². The zero-order valence-corrected chi connectivity index (χ0v) is 24.5. The second kappa shape index (κ2) is 11.5. The Morgan fingerprint density at radius 3 is 2.17 bits per heavy atom. The Morgan fingerprint density at radius 1 is 0.878 bits per heavy atom. The monoisotopic (exact) mass is 574 g/mol. The number of nitrogens with two attached hydrogens (primary N) is 1. The Balaban J connectivity index is 1.28. The minimum Gasteiger partial charge on any atom is -0.383 e. The number of hydrogen-bond donors (Lipinski definition) is 2. The molecule has 1 unspecified atom stereocenters. The van der Waals surface area contributed by atoms with E-state index < -0.39 is 16.1 Å². The topological polar surface area (TPSA) is 122 Å². The van der Waals surface area contributed by atoms with Crippen LogP contribution < -0.4 is 10.5 Å². The number of aromatic nitrogens is 4. The molecule has 41 heavy (non-hydrogen) atoms. The minimum atomic E-state index is -3.44. The Labute approximate surface area is 241 Å². The number of likely N-dealkylation sites (N-methyl/N-ethyl adjacent to an activating group) is 1. The first-order chi connectivity index (χ1) is 19.8. The van der Waals surface area contributed by atoms with Crippen molar-refractivity contribution in [1.82, 2.24) is 34.3 Å². The van der Waals surface area contributed by atoms with E-state index in [0.717, 1.165) is 85.3 Å². The second-order valence-electron chi connectivity index (χ2n) is 11.4. The number of nitrogens with zero attached hydrogens (tertiary/aromatic N) is 6. The van der Waals surface area contributed by atoms with Crippen LogP contribution in [0.5, 0.6) is 0 Å². The fourth-order valence-electron chi connectivity index (χ4n) is 6.33. The molecule has 2 aromatic carbocycles. The first-order valence-electron chi connectivity index (χ1n) is 14.3. The molecule has 1 saturated heterocycles. The molecule has 0 bridgehead atoms. The van der Waals surface area contributed by atoms with Gasteiger partial charge in [-0.3, -0.25) is 4.90 Å². The van der Waals surface area contributed by atoms with Crippen LogP contribution >= 0.6 is 0 Å². The van der Waals surface area contributed by atoms with Gasteiger partial charge in [0.25, 0.3) is 0 Å². The summed E-state index contributed by atoms with van der Waals surface area (Å²) in [6.07, 6.45) is 7.08. The van der Waals surface area contributed by atoms with E-state index in [9.17, 15) is 8.42 Å². The summed E-state index contributed by atoms with van der Waals surface area (Å²) in [6.45, 7) is 4.56. The van der Waals surface area contributed by atoms with Crippen LogP contribution in [0.1, 0.15) is 48.9 Å². The lowest BCUT2D eigenvalue weighted by atomic mass is 9.90. The number of piperazine rings is 1. The highest BCUT2D eigenvalue weighted by molar-refractivity contribution is 7.88. The number of nitrogens with one attached hydrogen (secondary N) is 1. The highest BCUT2D eigenvalue weighted by atomic mass is 32.2. The molecule has 1 atom stereocenters. The molecule has 2 fully saturated rings. The van der Waals surface area contributed by atoms with E-state index in [1.54, 1.807) is 0 Å². The predicted octanol–water partition coefficient (Wildman–Crippen LogP) is 3.45. The molecule has 0 radical (unpaired) electrons. The highest BCUT2D eigenvalue weighted by Gasteiger charge is 2.31. The maximum Gasteiger partial charge on any atom is 0.209 e. The van der Waals surface area contributed by atoms with Crippen molar-refractivity contribution < 1.29 is 8.42 Å². The van der Waals surface area contributed by atoms with Crippen molar-refractivity contribution in [2.24, 2.45) is 0 Å². The quantitative estimate of drug-likeness (QED) is 0.344. The summed E-state index contributed by atoms with van der Waals surface area (Å²) in [5.74, 6) is 0.410. The Morgan fingerprint density at radius 2 is 1.51 bits per heavy atom. The van der Waals surface area contributed by atoms with Gasteiger partial charge in [0.05, 0.1) is 23.7 Å². The van der Waals surface area contributed by atoms with Gasteiger partial charge in [0.2, 0.25) is 10.0 Å². The number of fused-ring (bicyclic) bond motifs is 1. The van der Waals surface area contributed by atoms with Crippen molar-refractivity contribution in [2.45, 2.75) is 43.8 Å². The van der Waals surface area contributed by atoms with Gasteiger partial charge in [-0.1, -0.05) is 54.6 Å². The van der Waals surface area contributed by atoms with E-state index in [1.807, 2.05) is 54.6 Å². The standard InChI is InChI=1S/C30H38N8O2S/c1-36-16-18-37(19-17-36)24-12-14-25(15-13-24)38-30-26(29(31)32-20-33-30)28(34-38)23-10-8-22(9-11-23)27(35-41(2,39)40)21-6-4-3-5-7-21/h3-11,20,24-25,27,35H,12-19H2,1-2H3,(H2,31,32,33)/t24-,25+,27?. The molecule has 1 aliphatic carbocycles. The van der Waals surface area contributed by atoms with Crippen LogP contribution in [0.25, 0.3) is 22.3 Å². The van der Waals surface area contributed by atoms with Crippen LogP contribution in [0.3, 0.4) is 0 Å². The van der Waals surface area contributed by atoms with E-state index in [1.165, 1.54) is 12.6 Å². The lowest BCUT2D eigenvalue weighted by Crippen LogP contribution is -2.49. The largest absolute Gasteiger partial charge is 0.383 e. The highest BCUT2D eigenvalue weighted by Crippen LogP contribution is 2.37. The number of anilines is 1. The third kappa shape index (κ3) is 5.99. The second-order valence-corrected chi connectivity index (χ2v) is 13.2. The van der Waals surface area contributed by atoms with Crippen LogP contribution in [0, 0.1) is 0 Å². The van der Waals surface area contributed by atoms with Crippen LogP contribution in [0.4, 0.5) is 5.82 Å². The first-order valence-corrected chi connectivity index (χ1v) is 16.2. The van der Waals surface area contributed by atoms with E-state index in [0.29, 0.717) is 11.9 Å². The first kappa shape index (κ1) is 27.8. The van der Waals surface area contributed by atoms with E-state index in [-0.39, 0.29) is 6.04 Å². The molecule has 4 aromatic rings. The molecule has 216 valence electrons. The third-order valence-corrected chi connectivity index (χ3v) is 9.23. The number of nitrogen functional groups attached to an aromatic ring is 1. The number of benzene rings is 2. The number of sulfonamides is 1. The van der Waals surface area contributed by atoms with E-state index >= 15 is 0 Å². The lowest BCUT2D eigenvalue weighted by Gasteiger charge is -2.41. The fourth-order valence-corrected chi connectivity index (χ4v) is 7.03. The van der Waals surface area contributed by atoms with Crippen molar-refractivity contribution >= 4 is 26.9 Å². The molecule has 0 spiro atoms. The third-order valence-electron chi connectivity index (χ3n) is 8.57. The molecular weight excluding hydrogens is 536 g/mol. The van der Waals surface area contributed by atoms with Gasteiger partial charge in [0.1, 0.15) is 17.8 Å². The number of hydrogen-bond acceptors (Lipinski definition) is 8. The maximum absolute atomic E-state index is 12.2. The smallest absolute Gasteiger partial charge is 0.209 e. The van der Waals surface area contributed by atoms with Crippen molar-refractivity contribution in [3.63, 3.8) is 0 Å². The molecular formula is C30H38N8O2S. The van der Waals surface area contributed by atoms with Gasteiger partial charge in [-0.2, -0.15) is 5.10 Å². The molecule has 2 aliphatic rings. The van der Waals surface area contributed by atoms with Gasteiger partial charge in [-0.05, 0) is 43.9 Å². The normalized spacial score (nSPS) is 21.7. The molecule has 2 aromatic heterocycles. The van der Waals surface area contributed by atoms with E-state index in [2.05, 4.69) is 36.2 Å². The Bertz CT molecular complexity index is 1590. The Kier molecular flexibility index (Phi) is 7.78. The molecule has 0 amide bonds. The molecule has 1 aliphatic heterocycles. The summed E-state index contributed by atoms with van der Waals surface area (Å²) in [5.41, 5.74) is 10.5. The van der Waals surface area contributed by atoms with Gasteiger partial charge in [0.15, 0.2) is 5.65 Å². The van der Waals surface area contributed by atoms with Crippen LogP contribution in [0.2, 0.25) is 0 Å². The fraction of sp³-hybridized carbons (Fsp3) is 0.433. The van der Waals surface area contributed by atoms with E-state index in [4.69, 9.17) is 10.8 Å². The molecule has 3 heterocycles. The SMILES string of the molecule is CN1CCN([C@H]2CC[C@@H](n3nc(-c4ccc(C(NS(C)(=O)=O)c5ccccc5)cc4)c4c(N)ncnc43)CC2)CC1. The zero-order valence-electron chi connectivity index (χ0n) is 23.6. The molecule has 10 nitrogen and oxygen atoms in total. The minimum absolute atomic E-state index is 0.255. The van der Waals surface area contributed by atoms with Crippen LogP contribution in [-0.2, 0) is 10.0 Å². The maximum atomic E-state index is 12.2. The lowest BCUT2D eigenvalue weighted by molar-refractivity contribution is 0.0815. The summed E-state index contributed by atoms with van der Waals surface area (Å²) in [4.78, 5) is 14.0. The van der Waals surface area contributed by atoms with Gasteiger partial charge >= 0.3 is 0 Å². The molecule has 1 saturated carbocycles. The molecule has 6 rings (SSSR count). The summed E-state index contributed by atoms with van der Waals surface area (Å²) in [6, 6.07) is 17.8. The number of rotatable bonds is 7. The summed E-state index contributed by atoms with van der Waals surface area (Å²) < 4.78 is 29.2. The Hall–Kier alpha value is -3.38. The average molecular weight is 575 g/mol.